The van der Waals surface area contributed by atoms with E-state index in [4.69, 9.17) is 22.4 Å². The Balaban J connectivity index is 2.93. The molecule has 0 atom stereocenters. The smallest absolute Gasteiger partial charge is 0.335 e. The Hall–Kier alpha value is -1.32. The maximum absolute atomic E-state index is 10.7. The van der Waals surface area contributed by atoms with Crippen LogP contribution in [0.25, 0.3) is 6.08 Å². The van der Waals surface area contributed by atoms with Crippen LogP contribution < -0.4 is 5.73 Å². The molecule has 0 saturated heterocycles. The van der Waals surface area contributed by atoms with Crippen LogP contribution in [-0.4, -0.2) is 17.6 Å². The van der Waals surface area contributed by atoms with Gasteiger partial charge >= 0.3 is 5.97 Å². The Kier molecular flexibility index (Phi) is 4.34. The van der Waals surface area contributed by atoms with Crippen LogP contribution in [0.4, 0.5) is 0 Å². The van der Waals surface area contributed by atoms with Crippen molar-refractivity contribution in [2.45, 2.75) is 6.42 Å². The molecule has 0 aliphatic heterocycles. The number of carboxylic acid groups (broad SMARTS) is 1. The van der Waals surface area contributed by atoms with E-state index in [-0.39, 0.29) is 5.56 Å². The van der Waals surface area contributed by atoms with E-state index < -0.39 is 5.97 Å². The van der Waals surface area contributed by atoms with Crippen molar-refractivity contribution in [3.63, 3.8) is 0 Å². The van der Waals surface area contributed by atoms with E-state index in [9.17, 15) is 4.79 Å². The minimum Gasteiger partial charge on any atom is -0.478 e. The van der Waals surface area contributed by atoms with Crippen LogP contribution in [0, 0.1) is 0 Å². The first kappa shape index (κ1) is 11.8. The highest BCUT2D eigenvalue weighted by Gasteiger charge is 2.04. The fourth-order valence-electron chi connectivity index (χ4n) is 1.15. The molecule has 0 unspecified atom stereocenters. The van der Waals surface area contributed by atoms with Crippen LogP contribution in [0.15, 0.2) is 24.3 Å². The summed E-state index contributed by atoms with van der Waals surface area (Å²) in [6, 6.07) is 4.70. The lowest BCUT2D eigenvalue weighted by molar-refractivity contribution is 0.0697. The molecule has 0 heterocycles. The van der Waals surface area contributed by atoms with Gasteiger partial charge < -0.3 is 10.8 Å². The summed E-state index contributed by atoms with van der Waals surface area (Å²) in [5, 5.41) is 9.22. The number of rotatable bonds is 4. The fraction of sp³-hybridized carbons (Fsp3) is 0.182. The van der Waals surface area contributed by atoms with Crippen molar-refractivity contribution < 1.29 is 9.90 Å². The molecule has 0 bridgehead atoms. The summed E-state index contributed by atoms with van der Waals surface area (Å²) in [7, 11) is 0. The third-order valence-corrected chi connectivity index (χ3v) is 2.03. The Morgan fingerprint density at radius 3 is 2.80 bits per heavy atom. The molecule has 0 aromatic heterocycles. The predicted octanol–water partition coefficient (Wildman–Crippen LogP) is 2.40. The average molecular weight is 226 g/mol. The summed E-state index contributed by atoms with van der Waals surface area (Å²) in [5.74, 6) is -0.981. The summed E-state index contributed by atoms with van der Waals surface area (Å²) in [5.41, 5.74) is 6.29. The molecule has 0 spiro atoms. The minimum atomic E-state index is -0.981. The Morgan fingerprint density at radius 2 is 2.20 bits per heavy atom. The van der Waals surface area contributed by atoms with Gasteiger partial charge in [-0.15, -0.1) is 0 Å². The maximum atomic E-state index is 10.7. The predicted molar refractivity (Wildman–Crippen MR) is 61.1 cm³/mol. The first-order valence-corrected chi connectivity index (χ1v) is 4.92. The molecular weight excluding hydrogens is 214 g/mol. The topological polar surface area (TPSA) is 63.3 Å². The molecule has 0 saturated carbocycles. The lowest BCUT2D eigenvalue weighted by Gasteiger charge is -1.99. The van der Waals surface area contributed by atoms with E-state index in [1.807, 2.05) is 12.2 Å². The van der Waals surface area contributed by atoms with Gasteiger partial charge in [-0.3, -0.25) is 0 Å². The molecule has 0 fully saturated rings. The standard InChI is InChI=1S/C11H12ClNO2/c12-10-6-8(3-1-2-4-13)5-9(7-10)11(14)15/h1,3,5-7H,2,4,13H2,(H,14,15). The van der Waals surface area contributed by atoms with Crippen molar-refractivity contribution in [2.75, 3.05) is 6.54 Å². The van der Waals surface area contributed by atoms with Gasteiger partial charge in [0.2, 0.25) is 0 Å². The van der Waals surface area contributed by atoms with Gasteiger partial charge in [0.1, 0.15) is 0 Å². The zero-order chi connectivity index (χ0) is 11.3. The Morgan fingerprint density at radius 1 is 1.47 bits per heavy atom. The summed E-state index contributed by atoms with van der Waals surface area (Å²) < 4.78 is 0. The van der Waals surface area contributed by atoms with Crippen molar-refractivity contribution in [1.29, 1.82) is 0 Å². The van der Waals surface area contributed by atoms with Gasteiger partial charge in [0.05, 0.1) is 5.56 Å². The number of benzene rings is 1. The first-order valence-electron chi connectivity index (χ1n) is 4.54. The number of halogens is 1. The largest absolute Gasteiger partial charge is 0.478 e. The van der Waals surface area contributed by atoms with Crippen molar-refractivity contribution in [3.8, 4) is 0 Å². The monoisotopic (exact) mass is 225 g/mol. The van der Waals surface area contributed by atoms with Crippen LogP contribution in [0.1, 0.15) is 22.3 Å². The van der Waals surface area contributed by atoms with Gasteiger partial charge in [0.15, 0.2) is 0 Å². The Bertz CT molecular complexity index is 388. The van der Waals surface area contributed by atoms with E-state index in [1.165, 1.54) is 6.07 Å². The highest BCUT2D eigenvalue weighted by molar-refractivity contribution is 6.31. The molecule has 0 amide bonds. The van der Waals surface area contributed by atoms with Gasteiger partial charge in [-0.1, -0.05) is 23.8 Å². The summed E-state index contributed by atoms with van der Waals surface area (Å²) in [6.07, 6.45) is 4.46. The van der Waals surface area contributed by atoms with Gasteiger partial charge in [-0.2, -0.15) is 0 Å². The van der Waals surface area contributed by atoms with E-state index in [2.05, 4.69) is 0 Å². The lowest BCUT2D eigenvalue weighted by atomic mass is 10.1. The van der Waals surface area contributed by atoms with Crippen molar-refractivity contribution in [2.24, 2.45) is 5.73 Å². The van der Waals surface area contributed by atoms with E-state index in [0.29, 0.717) is 11.6 Å². The fourth-order valence-corrected chi connectivity index (χ4v) is 1.39. The van der Waals surface area contributed by atoms with Gasteiger partial charge in [-0.05, 0) is 36.7 Å². The van der Waals surface area contributed by atoms with Crippen LogP contribution in [-0.2, 0) is 0 Å². The average Bonchev–Trinajstić information content (AvgIpc) is 2.17. The number of carboxylic acids is 1. The highest BCUT2D eigenvalue weighted by atomic mass is 35.5. The molecule has 15 heavy (non-hydrogen) atoms. The van der Waals surface area contributed by atoms with Crippen LogP contribution in [0.3, 0.4) is 0 Å². The SMILES string of the molecule is NCCC=Cc1cc(Cl)cc(C(=O)O)c1. The second kappa shape index (κ2) is 5.53. The zero-order valence-corrected chi connectivity index (χ0v) is 8.87. The molecule has 1 aromatic carbocycles. The summed E-state index contributed by atoms with van der Waals surface area (Å²) in [6.45, 7) is 0.572. The summed E-state index contributed by atoms with van der Waals surface area (Å²) >= 11 is 5.78. The van der Waals surface area contributed by atoms with Crippen LogP contribution >= 0.6 is 11.6 Å². The van der Waals surface area contributed by atoms with E-state index >= 15 is 0 Å². The molecule has 4 heteroatoms. The number of aromatic carboxylic acids is 1. The van der Waals surface area contributed by atoms with Gasteiger partial charge in [0, 0.05) is 5.02 Å². The van der Waals surface area contributed by atoms with Crippen LogP contribution in [0.5, 0.6) is 0 Å². The number of nitrogens with two attached hydrogens (primary N) is 1. The first-order chi connectivity index (χ1) is 7.13. The molecule has 1 aromatic rings. The Labute approximate surface area is 93.2 Å². The van der Waals surface area contributed by atoms with Gasteiger partial charge in [-0.25, -0.2) is 4.79 Å². The lowest BCUT2D eigenvalue weighted by Crippen LogP contribution is -1.96. The van der Waals surface area contributed by atoms with Gasteiger partial charge in [0.25, 0.3) is 0 Å². The summed E-state index contributed by atoms with van der Waals surface area (Å²) in [4.78, 5) is 10.7. The molecule has 80 valence electrons. The van der Waals surface area contributed by atoms with Crippen molar-refractivity contribution in [1.82, 2.24) is 0 Å². The number of hydrogen-bond donors (Lipinski definition) is 2. The highest BCUT2D eigenvalue weighted by Crippen LogP contribution is 2.16. The molecule has 0 aliphatic carbocycles. The van der Waals surface area contributed by atoms with E-state index in [1.54, 1.807) is 12.1 Å². The molecular formula is C11H12ClNO2. The normalized spacial score (nSPS) is 10.8. The third-order valence-electron chi connectivity index (χ3n) is 1.81. The van der Waals surface area contributed by atoms with Crippen molar-refractivity contribution >= 4 is 23.6 Å². The molecule has 3 N–H and O–H groups in total. The second-order valence-corrected chi connectivity index (χ2v) is 3.49. The molecule has 1 rings (SSSR count). The molecule has 3 nitrogen and oxygen atoms in total. The molecule has 0 aliphatic rings. The molecule has 0 radical (unpaired) electrons. The van der Waals surface area contributed by atoms with E-state index in [0.717, 1.165) is 12.0 Å². The second-order valence-electron chi connectivity index (χ2n) is 3.06. The number of carbonyl (C=O) groups is 1. The van der Waals surface area contributed by atoms with Crippen molar-refractivity contribution in [3.05, 3.63) is 40.4 Å². The quantitative estimate of drug-likeness (QED) is 0.827. The maximum Gasteiger partial charge on any atom is 0.335 e. The van der Waals surface area contributed by atoms with Crippen LogP contribution in [0.2, 0.25) is 5.02 Å². The zero-order valence-electron chi connectivity index (χ0n) is 8.11. The third kappa shape index (κ3) is 3.73. The minimum absolute atomic E-state index is 0.190. The number of hydrogen-bond acceptors (Lipinski definition) is 2.